The van der Waals surface area contributed by atoms with Crippen LogP contribution in [0.4, 0.5) is 0 Å². The average molecular weight is 201 g/mol. The molecule has 10 heavy (non-hydrogen) atoms. The first kappa shape index (κ1) is 6.40. The second kappa shape index (κ2) is 2.38. The van der Waals surface area contributed by atoms with E-state index >= 15 is 0 Å². The Morgan fingerprint density at radius 2 is 2.40 bits per heavy atom. The summed E-state index contributed by atoms with van der Waals surface area (Å²) in [6, 6.07) is 0.719. The summed E-state index contributed by atoms with van der Waals surface area (Å²) in [7, 11) is 0. The number of aromatic nitrogens is 2. The highest BCUT2D eigenvalue weighted by molar-refractivity contribution is 9.10. The summed E-state index contributed by atoms with van der Waals surface area (Å²) in [6.45, 7) is 0. The van der Waals surface area contributed by atoms with Crippen molar-refractivity contribution in [3.05, 3.63) is 17.1 Å². The third-order valence-electron chi connectivity index (χ3n) is 2.09. The van der Waals surface area contributed by atoms with Gasteiger partial charge in [-0.05, 0) is 35.2 Å². The third-order valence-corrected chi connectivity index (χ3v) is 2.70. The molecular formula is C7H9BrN2. The van der Waals surface area contributed by atoms with E-state index in [2.05, 4.69) is 25.5 Å². The summed E-state index contributed by atoms with van der Waals surface area (Å²) in [5.74, 6) is 0. The zero-order valence-corrected chi connectivity index (χ0v) is 7.21. The molecule has 1 aromatic heterocycles. The standard InChI is InChI=1S/C7H9BrN2/c8-7-4-9-5-10(7)6-2-1-3-6/h4-6H,1-3H2. The zero-order chi connectivity index (χ0) is 6.97. The summed E-state index contributed by atoms with van der Waals surface area (Å²) < 4.78 is 3.31. The number of halogens is 1. The Hall–Kier alpha value is -0.310. The quantitative estimate of drug-likeness (QED) is 0.681. The summed E-state index contributed by atoms with van der Waals surface area (Å²) in [6.07, 6.45) is 7.74. The Balaban J connectivity index is 2.23. The van der Waals surface area contributed by atoms with Crippen LogP contribution in [0.1, 0.15) is 25.3 Å². The lowest BCUT2D eigenvalue weighted by Gasteiger charge is -2.27. The predicted molar refractivity (Wildman–Crippen MR) is 42.8 cm³/mol. The molecule has 1 saturated carbocycles. The molecule has 1 aliphatic rings. The first-order valence-electron chi connectivity index (χ1n) is 3.55. The third kappa shape index (κ3) is 0.888. The molecule has 1 aromatic rings. The molecule has 0 saturated heterocycles. The van der Waals surface area contributed by atoms with Crippen molar-refractivity contribution >= 4 is 15.9 Å². The van der Waals surface area contributed by atoms with Gasteiger partial charge in [0.05, 0.1) is 12.5 Å². The summed E-state index contributed by atoms with van der Waals surface area (Å²) in [5.41, 5.74) is 0. The fourth-order valence-corrected chi connectivity index (χ4v) is 1.72. The molecule has 1 aliphatic carbocycles. The van der Waals surface area contributed by atoms with Crippen molar-refractivity contribution in [3.8, 4) is 0 Å². The Morgan fingerprint density at radius 3 is 2.80 bits per heavy atom. The van der Waals surface area contributed by atoms with Gasteiger partial charge >= 0.3 is 0 Å². The van der Waals surface area contributed by atoms with Gasteiger partial charge in [-0.3, -0.25) is 0 Å². The molecule has 0 unspecified atom stereocenters. The van der Waals surface area contributed by atoms with Crippen LogP contribution in [0.25, 0.3) is 0 Å². The first-order chi connectivity index (χ1) is 4.88. The molecule has 0 N–H and O–H groups in total. The highest BCUT2D eigenvalue weighted by atomic mass is 79.9. The van der Waals surface area contributed by atoms with E-state index in [0.29, 0.717) is 0 Å². The van der Waals surface area contributed by atoms with Crippen LogP contribution in [0, 0.1) is 0 Å². The lowest BCUT2D eigenvalue weighted by Crippen LogP contribution is -2.15. The molecule has 0 aromatic carbocycles. The van der Waals surface area contributed by atoms with Crippen LogP contribution in [-0.2, 0) is 0 Å². The van der Waals surface area contributed by atoms with Crippen molar-refractivity contribution < 1.29 is 0 Å². The van der Waals surface area contributed by atoms with Crippen LogP contribution >= 0.6 is 15.9 Å². The smallest absolute Gasteiger partial charge is 0.105 e. The van der Waals surface area contributed by atoms with Gasteiger partial charge in [0.25, 0.3) is 0 Å². The Bertz CT molecular complexity index is 227. The summed E-state index contributed by atoms with van der Waals surface area (Å²) >= 11 is 3.44. The first-order valence-corrected chi connectivity index (χ1v) is 4.34. The Labute approximate surface area is 68.4 Å². The van der Waals surface area contributed by atoms with E-state index in [0.717, 1.165) is 10.6 Å². The molecule has 54 valence electrons. The van der Waals surface area contributed by atoms with Crippen LogP contribution in [0.2, 0.25) is 0 Å². The molecule has 3 heteroatoms. The second-order valence-electron chi connectivity index (χ2n) is 2.71. The van der Waals surface area contributed by atoms with Gasteiger partial charge in [0.2, 0.25) is 0 Å². The van der Waals surface area contributed by atoms with E-state index < -0.39 is 0 Å². The lowest BCUT2D eigenvalue weighted by atomic mass is 9.93. The van der Waals surface area contributed by atoms with Gasteiger partial charge in [-0.25, -0.2) is 4.98 Å². The maximum atomic E-state index is 4.04. The van der Waals surface area contributed by atoms with Gasteiger partial charge in [0.15, 0.2) is 0 Å². The van der Waals surface area contributed by atoms with Gasteiger partial charge < -0.3 is 4.57 Å². The van der Waals surface area contributed by atoms with E-state index in [4.69, 9.17) is 0 Å². The summed E-state index contributed by atoms with van der Waals surface area (Å²) in [5, 5.41) is 0. The predicted octanol–water partition coefficient (Wildman–Crippen LogP) is 2.37. The van der Waals surface area contributed by atoms with Crippen LogP contribution < -0.4 is 0 Å². The van der Waals surface area contributed by atoms with E-state index in [1.165, 1.54) is 19.3 Å². The van der Waals surface area contributed by atoms with Gasteiger partial charge in [-0.1, -0.05) is 0 Å². The molecular weight excluding hydrogens is 192 g/mol. The fourth-order valence-electron chi connectivity index (χ4n) is 1.22. The van der Waals surface area contributed by atoms with Gasteiger partial charge in [0.1, 0.15) is 4.60 Å². The maximum absolute atomic E-state index is 4.04. The van der Waals surface area contributed by atoms with Crippen molar-refractivity contribution in [2.24, 2.45) is 0 Å². The number of hydrogen-bond acceptors (Lipinski definition) is 1. The molecule has 2 nitrogen and oxygen atoms in total. The van der Waals surface area contributed by atoms with E-state index in [9.17, 15) is 0 Å². The minimum Gasteiger partial charge on any atom is -0.322 e. The maximum Gasteiger partial charge on any atom is 0.105 e. The molecule has 0 spiro atoms. The van der Waals surface area contributed by atoms with Crippen molar-refractivity contribution in [2.75, 3.05) is 0 Å². The second-order valence-corrected chi connectivity index (χ2v) is 3.52. The normalized spacial score (nSPS) is 18.9. The minimum absolute atomic E-state index is 0.719. The molecule has 2 rings (SSSR count). The van der Waals surface area contributed by atoms with Crippen molar-refractivity contribution in [2.45, 2.75) is 25.3 Å². The Kier molecular flexibility index (Phi) is 1.52. The molecule has 0 amide bonds. The number of rotatable bonds is 1. The van der Waals surface area contributed by atoms with E-state index in [1.54, 1.807) is 0 Å². The zero-order valence-electron chi connectivity index (χ0n) is 5.63. The molecule has 0 atom stereocenters. The largest absolute Gasteiger partial charge is 0.322 e. The molecule has 0 bridgehead atoms. The molecule has 0 radical (unpaired) electrons. The van der Waals surface area contributed by atoms with E-state index in [1.807, 2.05) is 12.5 Å². The van der Waals surface area contributed by atoms with E-state index in [-0.39, 0.29) is 0 Å². The molecule has 0 aliphatic heterocycles. The van der Waals surface area contributed by atoms with Crippen LogP contribution in [0.5, 0.6) is 0 Å². The van der Waals surface area contributed by atoms with Gasteiger partial charge in [0, 0.05) is 6.04 Å². The minimum atomic E-state index is 0.719. The summed E-state index contributed by atoms with van der Waals surface area (Å²) in [4.78, 5) is 4.04. The highest BCUT2D eigenvalue weighted by Gasteiger charge is 2.19. The average Bonchev–Trinajstić information content (AvgIpc) is 2.12. The number of imidazole rings is 1. The topological polar surface area (TPSA) is 17.8 Å². The lowest BCUT2D eigenvalue weighted by molar-refractivity contribution is 0.309. The van der Waals surface area contributed by atoms with Crippen molar-refractivity contribution in [1.29, 1.82) is 0 Å². The number of hydrogen-bond donors (Lipinski definition) is 0. The van der Waals surface area contributed by atoms with Crippen molar-refractivity contribution in [1.82, 2.24) is 9.55 Å². The van der Waals surface area contributed by atoms with Gasteiger partial charge in [-0.2, -0.15) is 0 Å². The van der Waals surface area contributed by atoms with Crippen LogP contribution in [0.15, 0.2) is 17.1 Å². The number of nitrogens with zero attached hydrogens (tertiary/aromatic N) is 2. The Morgan fingerprint density at radius 1 is 1.60 bits per heavy atom. The van der Waals surface area contributed by atoms with Crippen LogP contribution in [0.3, 0.4) is 0 Å². The highest BCUT2D eigenvalue weighted by Crippen LogP contribution is 2.33. The SMILES string of the molecule is Brc1cncn1C1CCC1. The monoisotopic (exact) mass is 200 g/mol. The van der Waals surface area contributed by atoms with Gasteiger partial charge in [-0.15, -0.1) is 0 Å². The van der Waals surface area contributed by atoms with Crippen LogP contribution in [-0.4, -0.2) is 9.55 Å². The fraction of sp³-hybridized carbons (Fsp3) is 0.571. The molecule has 1 fully saturated rings. The van der Waals surface area contributed by atoms with Crippen molar-refractivity contribution in [3.63, 3.8) is 0 Å². The molecule has 1 heterocycles.